The molecular weight excluding hydrogens is 994 g/mol. The summed E-state index contributed by atoms with van der Waals surface area (Å²) in [7, 11) is 2.91. The highest BCUT2D eigenvalue weighted by atomic mass is 35.5. The van der Waals surface area contributed by atoms with Gasteiger partial charge in [0, 0.05) is 17.3 Å². The molecule has 5 aromatic rings. The number of nitrogens with zero attached hydrogens (tertiary/aromatic N) is 4. The fraction of sp³-hybridized carbons (Fsp3) is 0.250. The van der Waals surface area contributed by atoms with Crippen LogP contribution in [0.3, 0.4) is 0 Å². The maximum atomic E-state index is 13.6. The van der Waals surface area contributed by atoms with E-state index < -0.39 is 58.0 Å². The van der Waals surface area contributed by atoms with E-state index >= 15 is 0 Å². The molecule has 360 valence electrons. The highest BCUT2D eigenvalue weighted by molar-refractivity contribution is 6.37. The van der Waals surface area contributed by atoms with E-state index in [0.717, 1.165) is 13.8 Å². The van der Waals surface area contributed by atoms with Crippen LogP contribution in [0.4, 0.5) is 34.1 Å². The van der Waals surface area contributed by atoms with Crippen LogP contribution in [-0.2, 0) is 25.6 Å². The summed E-state index contributed by atoms with van der Waals surface area (Å²) >= 11 is 32.1. The molecule has 5 rings (SSSR count). The van der Waals surface area contributed by atoms with Gasteiger partial charge in [0.25, 0.3) is 23.6 Å². The van der Waals surface area contributed by atoms with Crippen LogP contribution in [0, 0.1) is 0 Å². The number of rotatable bonds is 20. The van der Waals surface area contributed by atoms with Crippen LogP contribution in [0.1, 0.15) is 75.9 Å². The molecule has 0 bridgehead atoms. The van der Waals surface area contributed by atoms with Crippen LogP contribution in [0.2, 0.25) is 10.0 Å². The van der Waals surface area contributed by atoms with Gasteiger partial charge in [-0.25, -0.2) is 0 Å². The van der Waals surface area contributed by atoms with Gasteiger partial charge in [0.2, 0.25) is 12.1 Å². The minimum Gasteiger partial charge on any atom is -0.495 e. The molecule has 0 fully saturated rings. The lowest BCUT2D eigenvalue weighted by Gasteiger charge is -2.17. The van der Waals surface area contributed by atoms with Gasteiger partial charge in [-0.1, -0.05) is 59.6 Å². The van der Waals surface area contributed by atoms with Crippen LogP contribution in [0.15, 0.2) is 111 Å². The number of hydrogen-bond donors (Lipinski definition) is 4. The van der Waals surface area contributed by atoms with E-state index in [1.165, 1.54) is 68.8 Å². The smallest absolute Gasteiger partial charge is 0.258 e. The topological polar surface area (TPSA) is 218 Å². The molecule has 0 aromatic heterocycles. The maximum Gasteiger partial charge on any atom is 0.258 e. The summed E-state index contributed by atoms with van der Waals surface area (Å²) in [6.07, 6.45) is 0.194. The van der Waals surface area contributed by atoms with Gasteiger partial charge in [-0.15, -0.1) is 34.8 Å². The first kappa shape index (κ1) is 53.5. The van der Waals surface area contributed by atoms with E-state index in [9.17, 15) is 28.8 Å². The van der Waals surface area contributed by atoms with Crippen LogP contribution >= 0.6 is 58.0 Å². The van der Waals surface area contributed by atoms with E-state index in [-0.39, 0.29) is 56.2 Å². The average molecular weight is 1040 g/mol. The van der Waals surface area contributed by atoms with Crippen molar-refractivity contribution < 1.29 is 38.2 Å². The van der Waals surface area contributed by atoms with Crippen molar-refractivity contribution in [1.29, 1.82) is 0 Å². The van der Waals surface area contributed by atoms with Crippen molar-refractivity contribution in [3.05, 3.63) is 129 Å². The molecule has 0 heterocycles. The maximum absolute atomic E-state index is 13.6. The van der Waals surface area contributed by atoms with Gasteiger partial charge >= 0.3 is 0 Å². The Kier molecular flexibility index (Phi) is 19.2. The monoisotopic (exact) mass is 1040 g/mol. The highest BCUT2D eigenvalue weighted by Gasteiger charge is 2.27. The lowest BCUT2D eigenvalue weighted by Crippen LogP contribution is -2.32. The van der Waals surface area contributed by atoms with Crippen molar-refractivity contribution in [1.82, 2.24) is 0 Å². The second-order valence-corrected chi connectivity index (χ2v) is 17.5. The predicted molar refractivity (Wildman–Crippen MR) is 269 cm³/mol. The number of nitrogens with one attached hydrogen (secondary N) is 4. The summed E-state index contributed by atoms with van der Waals surface area (Å²) in [4.78, 5) is 79.5. The zero-order valence-electron chi connectivity index (χ0n) is 37.8. The number of aryl methyl sites for hydroxylation is 1. The number of hydrogen-bond acceptors (Lipinski definition) is 12. The van der Waals surface area contributed by atoms with Gasteiger partial charge in [0.1, 0.15) is 22.9 Å². The summed E-state index contributed by atoms with van der Waals surface area (Å²) in [5.41, 5.74) is 2.86. The summed E-state index contributed by atoms with van der Waals surface area (Å²) < 4.78 is 10.8. The van der Waals surface area contributed by atoms with Crippen LogP contribution in [-0.4, -0.2) is 67.4 Å². The first-order valence-corrected chi connectivity index (χ1v) is 23.0. The molecule has 4 atom stereocenters. The largest absolute Gasteiger partial charge is 0.495 e. The number of benzene rings is 5. The number of ether oxygens (including phenoxy) is 2. The number of alkyl halides is 3. The Hall–Kier alpha value is -6.43. The minimum atomic E-state index is -1.65. The Bertz CT molecular complexity index is 2840. The number of azo groups is 2. The quantitative estimate of drug-likeness (QED) is 0.0333. The van der Waals surface area contributed by atoms with Gasteiger partial charge in [-0.3, -0.25) is 28.8 Å². The number of halogens is 5. The Morgan fingerprint density at radius 2 is 1.03 bits per heavy atom. The third-order valence-electron chi connectivity index (χ3n) is 10.2. The standard InChI is InChI=1S/C48H45Cl5N8O8/c1-24(50)30-11-9-17-37(68-5)43(30)56-45(64)32-13-7-15-35(39(32)52)58-60-41(26(3)62)47(66)54-29-19-20-34(28(23-29)21-22-49)55-48(67)42(27(4)63)61-59-36-16-8-14-33(40(36)53)46(65)57-44-31(25(2)51)12-10-18-38(44)69-6/h7-20,23-25,41-42H,21-22H2,1-6H3,(H,54,66)(H,55,67)(H,56,64)(H,57,65). The van der Waals surface area contributed by atoms with Gasteiger partial charge in [0.15, 0.2) is 11.6 Å². The molecule has 4 N–H and O–H groups in total. The van der Waals surface area contributed by atoms with E-state index in [4.69, 9.17) is 67.5 Å². The molecule has 21 heteroatoms. The third-order valence-corrected chi connectivity index (χ3v) is 11.6. The number of ketones is 2. The second kappa shape index (κ2) is 24.7. The van der Waals surface area contributed by atoms with Crippen LogP contribution < -0.4 is 30.7 Å². The lowest BCUT2D eigenvalue weighted by atomic mass is 10.1. The van der Waals surface area contributed by atoms with Crippen molar-refractivity contribution in [2.45, 2.75) is 57.0 Å². The van der Waals surface area contributed by atoms with E-state index in [2.05, 4.69) is 41.7 Å². The molecule has 0 aliphatic heterocycles. The molecule has 0 saturated heterocycles. The van der Waals surface area contributed by atoms with Crippen molar-refractivity contribution in [2.24, 2.45) is 20.5 Å². The van der Waals surface area contributed by atoms with Gasteiger partial charge in [0.05, 0.1) is 57.5 Å². The second-order valence-electron chi connectivity index (χ2n) is 15.0. The molecule has 16 nitrogen and oxygen atoms in total. The third kappa shape index (κ3) is 13.4. The Morgan fingerprint density at radius 3 is 1.43 bits per heavy atom. The Labute approximate surface area is 422 Å². The fourth-order valence-electron chi connectivity index (χ4n) is 6.66. The van der Waals surface area contributed by atoms with E-state index in [1.807, 2.05) is 0 Å². The average Bonchev–Trinajstić information content (AvgIpc) is 3.30. The molecule has 5 aromatic carbocycles. The summed E-state index contributed by atoms with van der Waals surface area (Å²) in [6.45, 7) is 5.80. The van der Waals surface area contributed by atoms with E-state index in [1.54, 1.807) is 50.2 Å². The zero-order valence-corrected chi connectivity index (χ0v) is 41.6. The molecule has 0 aliphatic carbocycles. The van der Waals surface area contributed by atoms with Crippen molar-refractivity contribution in [3.63, 3.8) is 0 Å². The Balaban J connectivity index is 1.30. The molecule has 4 unspecified atom stereocenters. The number of amides is 4. The van der Waals surface area contributed by atoms with Gasteiger partial charge < -0.3 is 30.7 Å². The molecule has 0 spiro atoms. The molecule has 0 radical (unpaired) electrons. The van der Waals surface area contributed by atoms with Gasteiger partial charge in [-0.05, 0) is 105 Å². The summed E-state index contributed by atoms with van der Waals surface area (Å²) in [6, 6.07) is 20.3. The van der Waals surface area contributed by atoms with Crippen LogP contribution in [0.25, 0.3) is 0 Å². The number of carbonyl (C=O) groups is 6. The minimum absolute atomic E-state index is 0.00102. The molecule has 69 heavy (non-hydrogen) atoms. The zero-order chi connectivity index (χ0) is 50.5. The molecule has 0 saturated carbocycles. The highest BCUT2D eigenvalue weighted by Crippen LogP contribution is 2.38. The Morgan fingerprint density at radius 1 is 0.594 bits per heavy atom. The number of anilines is 4. The van der Waals surface area contributed by atoms with Gasteiger partial charge in [-0.2, -0.15) is 20.5 Å². The summed E-state index contributed by atoms with van der Waals surface area (Å²) in [5, 5.41) is 25.9. The lowest BCUT2D eigenvalue weighted by molar-refractivity contribution is -0.127. The first-order valence-electron chi connectivity index (χ1n) is 20.8. The molecular formula is C48H45Cl5N8O8. The SMILES string of the molecule is COc1cccc(C(C)Cl)c1NC(=O)c1cccc(N=NC(C(C)=O)C(=O)Nc2ccc(NC(=O)C(N=Nc3cccc(C(=O)Nc4c(OC)cccc4C(C)Cl)c3Cl)C(C)=O)c(CCCl)c2)c1Cl. The number of carbonyl (C=O) groups excluding carboxylic acids is 6. The normalized spacial score (nSPS) is 13.0. The fourth-order valence-corrected chi connectivity index (χ4v) is 7.73. The van der Waals surface area contributed by atoms with Crippen molar-refractivity contribution >= 4 is 127 Å². The predicted octanol–water partition coefficient (Wildman–Crippen LogP) is 12.3. The molecule has 4 amide bonds. The summed E-state index contributed by atoms with van der Waals surface area (Å²) in [5.74, 6) is -3.39. The molecule has 0 aliphatic rings. The number of methoxy groups -OCH3 is 2. The number of para-hydroxylation sites is 2. The first-order chi connectivity index (χ1) is 32.9. The van der Waals surface area contributed by atoms with Crippen LogP contribution in [0.5, 0.6) is 11.5 Å². The van der Waals surface area contributed by atoms with Crippen molar-refractivity contribution in [3.8, 4) is 11.5 Å². The van der Waals surface area contributed by atoms with E-state index in [0.29, 0.717) is 39.6 Å². The van der Waals surface area contributed by atoms with Crippen molar-refractivity contribution in [2.75, 3.05) is 41.4 Å². The number of Topliss-reactive ketones (excluding diaryl/α,β-unsaturated/α-hetero) is 2.